The lowest BCUT2D eigenvalue weighted by atomic mass is 9.77. The van der Waals surface area contributed by atoms with Crippen molar-refractivity contribution in [1.29, 1.82) is 0 Å². The summed E-state index contributed by atoms with van der Waals surface area (Å²) in [5.41, 5.74) is 1.72. The van der Waals surface area contributed by atoms with Crippen molar-refractivity contribution in [2.45, 2.75) is 72.0 Å². The van der Waals surface area contributed by atoms with Gasteiger partial charge in [-0.05, 0) is 37.4 Å². The number of para-hydroxylation sites is 1. The van der Waals surface area contributed by atoms with E-state index in [-0.39, 0.29) is 29.2 Å². The van der Waals surface area contributed by atoms with Crippen LogP contribution in [0.25, 0.3) is 10.9 Å². The molecule has 204 valence electrons. The SMILES string of the molecule is CNC(C(=O)NC(C(=O)N(C)[C@H](/C=C(\C)C(=O)O)C(C)C)C(C)C)C(C)(C)c1cn(C)c2ccccc12. The first-order chi connectivity index (χ1) is 17.1. The first-order valence-corrected chi connectivity index (χ1v) is 12.9. The lowest BCUT2D eigenvalue weighted by Gasteiger charge is -2.37. The molecule has 0 bridgehead atoms. The van der Waals surface area contributed by atoms with Gasteiger partial charge < -0.3 is 25.2 Å². The average Bonchev–Trinajstić information content (AvgIpc) is 3.17. The van der Waals surface area contributed by atoms with Crippen LogP contribution in [0.1, 0.15) is 54.0 Å². The van der Waals surface area contributed by atoms with Gasteiger partial charge in [-0.1, -0.05) is 65.8 Å². The van der Waals surface area contributed by atoms with E-state index in [4.69, 9.17) is 0 Å². The lowest BCUT2D eigenvalue weighted by Crippen LogP contribution is -2.59. The number of carbonyl (C=O) groups is 3. The molecule has 37 heavy (non-hydrogen) atoms. The van der Waals surface area contributed by atoms with Crippen molar-refractivity contribution in [2.24, 2.45) is 18.9 Å². The number of aryl methyl sites for hydroxylation is 1. The molecule has 2 unspecified atom stereocenters. The number of carboxylic acid groups (broad SMARTS) is 1. The number of aliphatic carboxylic acids is 1. The Balaban J connectivity index is 2.37. The van der Waals surface area contributed by atoms with Crippen LogP contribution in [0.4, 0.5) is 0 Å². The molecule has 0 saturated heterocycles. The van der Waals surface area contributed by atoms with Gasteiger partial charge in [-0.2, -0.15) is 0 Å². The lowest BCUT2D eigenvalue weighted by molar-refractivity contribution is -0.139. The summed E-state index contributed by atoms with van der Waals surface area (Å²) in [7, 11) is 5.41. The summed E-state index contributed by atoms with van der Waals surface area (Å²) in [4.78, 5) is 40.3. The van der Waals surface area contributed by atoms with Gasteiger partial charge in [0.05, 0.1) is 12.1 Å². The highest BCUT2D eigenvalue weighted by molar-refractivity contribution is 5.93. The Kier molecular flexibility index (Phi) is 9.72. The van der Waals surface area contributed by atoms with Crippen molar-refractivity contribution >= 4 is 28.7 Å². The number of nitrogens with zero attached hydrogens (tertiary/aromatic N) is 2. The third-order valence-electron chi connectivity index (χ3n) is 7.33. The van der Waals surface area contributed by atoms with E-state index in [1.54, 1.807) is 25.1 Å². The van der Waals surface area contributed by atoms with Gasteiger partial charge in [0.25, 0.3) is 0 Å². The molecule has 0 aliphatic rings. The molecule has 3 N–H and O–H groups in total. The van der Waals surface area contributed by atoms with Gasteiger partial charge in [-0.15, -0.1) is 0 Å². The molecule has 0 spiro atoms. The van der Waals surface area contributed by atoms with E-state index < -0.39 is 29.5 Å². The number of carboxylic acids is 1. The topological polar surface area (TPSA) is 104 Å². The van der Waals surface area contributed by atoms with Crippen LogP contribution >= 0.6 is 0 Å². The molecule has 0 saturated carbocycles. The van der Waals surface area contributed by atoms with Crippen LogP contribution in [-0.2, 0) is 26.8 Å². The van der Waals surface area contributed by atoms with Crippen molar-refractivity contribution in [3.05, 3.63) is 47.7 Å². The standard InChI is InChI=1S/C29H44N4O4/c1-17(2)23(15-19(5)28(36)37)33(10)27(35)24(18(3)4)31-26(34)25(30-8)29(6,7)21-16-32(9)22-14-12-11-13-20(21)22/h11-18,23-25,30H,1-10H3,(H,31,34)(H,36,37)/b19-15+/t23-,24?,25?/m1/s1. The highest BCUT2D eigenvalue weighted by Crippen LogP contribution is 2.34. The Morgan fingerprint density at radius 1 is 1.08 bits per heavy atom. The van der Waals surface area contributed by atoms with Crippen molar-refractivity contribution in [2.75, 3.05) is 14.1 Å². The van der Waals surface area contributed by atoms with E-state index >= 15 is 0 Å². The van der Waals surface area contributed by atoms with Gasteiger partial charge in [0, 0.05) is 42.2 Å². The van der Waals surface area contributed by atoms with Gasteiger partial charge in [0.15, 0.2) is 0 Å². The molecule has 3 atom stereocenters. The predicted octanol–water partition coefficient (Wildman–Crippen LogP) is 3.70. The van der Waals surface area contributed by atoms with Crippen LogP contribution in [0.15, 0.2) is 42.1 Å². The van der Waals surface area contributed by atoms with Gasteiger partial charge >= 0.3 is 5.97 Å². The molecule has 8 heteroatoms. The normalized spacial score (nSPS) is 15.1. The Morgan fingerprint density at radius 2 is 1.68 bits per heavy atom. The smallest absolute Gasteiger partial charge is 0.331 e. The summed E-state index contributed by atoms with van der Waals surface area (Å²) in [6.45, 7) is 13.2. The Bertz CT molecular complexity index is 1160. The fraction of sp³-hybridized carbons (Fsp3) is 0.552. The summed E-state index contributed by atoms with van der Waals surface area (Å²) >= 11 is 0. The zero-order valence-corrected chi connectivity index (χ0v) is 23.9. The van der Waals surface area contributed by atoms with E-state index in [0.29, 0.717) is 0 Å². The molecular formula is C29H44N4O4. The fourth-order valence-electron chi connectivity index (χ4n) is 5.03. The molecule has 2 rings (SSSR count). The number of fused-ring (bicyclic) bond motifs is 1. The highest BCUT2D eigenvalue weighted by Gasteiger charge is 2.40. The van der Waals surface area contributed by atoms with Crippen molar-refractivity contribution in [3.63, 3.8) is 0 Å². The zero-order chi connectivity index (χ0) is 28.2. The maximum absolute atomic E-state index is 13.7. The number of carbonyl (C=O) groups excluding carboxylic acids is 2. The monoisotopic (exact) mass is 512 g/mol. The van der Waals surface area contributed by atoms with Crippen LogP contribution in [0.2, 0.25) is 0 Å². The number of hydrogen-bond acceptors (Lipinski definition) is 4. The van der Waals surface area contributed by atoms with E-state index in [1.165, 1.54) is 6.92 Å². The molecule has 0 aliphatic carbocycles. The number of amides is 2. The number of aromatic nitrogens is 1. The summed E-state index contributed by atoms with van der Waals surface area (Å²) in [5.74, 6) is -1.72. The fourth-order valence-corrected chi connectivity index (χ4v) is 5.03. The van der Waals surface area contributed by atoms with Gasteiger partial charge in [-0.3, -0.25) is 9.59 Å². The maximum atomic E-state index is 13.7. The minimum Gasteiger partial charge on any atom is -0.478 e. The third kappa shape index (κ3) is 6.42. The summed E-state index contributed by atoms with van der Waals surface area (Å²) in [5, 5.41) is 16.6. The van der Waals surface area contributed by atoms with Crippen molar-refractivity contribution in [1.82, 2.24) is 20.1 Å². The first-order valence-electron chi connectivity index (χ1n) is 12.9. The molecule has 0 aliphatic heterocycles. The van der Waals surface area contributed by atoms with Crippen molar-refractivity contribution in [3.8, 4) is 0 Å². The van der Waals surface area contributed by atoms with Crippen LogP contribution in [0.5, 0.6) is 0 Å². The van der Waals surface area contributed by atoms with E-state index in [1.807, 2.05) is 60.7 Å². The molecule has 8 nitrogen and oxygen atoms in total. The van der Waals surface area contributed by atoms with Gasteiger partial charge in [0.1, 0.15) is 6.04 Å². The minimum atomic E-state index is -1.02. The highest BCUT2D eigenvalue weighted by atomic mass is 16.4. The Morgan fingerprint density at radius 3 is 2.19 bits per heavy atom. The molecule has 2 aromatic rings. The molecule has 0 fully saturated rings. The Hall–Kier alpha value is -3.13. The number of rotatable bonds is 11. The second-order valence-corrected chi connectivity index (χ2v) is 11.2. The minimum absolute atomic E-state index is 0.0119. The van der Waals surface area contributed by atoms with Crippen LogP contribution < -0.4 is 10.6 Å². The van der Waals surface area contributed by atoms with E-state index in [9.17, 15) is 19.5 Å². The quantitative estimate of drug-likeness (QED) is 0.399. The van der Waals surface area contributed by atoms with Crippen LogP contribution in [0.3, 0.4) is 0 Å². The number of nitrogens with one attached hydrogen (secondary N) is 2. The molecule has 0 radical (unpaired) electrons. The van der Waals surface area contributed by atoms with Crippen LogP contribution in [-0.4, -0.2) is 64.6 Å². The van der Waals surface area contributed by atoms with E-state index in [2.05, 4.69) is 33.5 Å². The largest absolute Gasteiger partial charge is 0.478 e. The third-order valence-corrected chi connectivity index (χ3v) is 7.33. The number of benzene rings is 1. The van der Waals surface area contributed by atoms with E-state index in [0.717, 1.165) is 16.5 Å². The van der Waals surface area contributed by atoms with Crippen molar-refractivity contribution < 1.29 is 19.5 Å². The second-order valence-electron chi connectivity index (χ2n) is 11.2. The summed E-state index contributed by atoms with van der Waals surface area (Å²) < 4.78 is 2.06. The zero-order valence-electron chi connectivity index (χ0n) is 23.9. The maximum Gasteiger partial charge on any atom is 0.331 e. The average molecular weight is 513 g/mol. The predicted molar refractivity (Wildman–Crippen MR) is 148 cm³/mol. The molecule has 1 aromatic carbocycles. The number of hydrogen-bond donors (Lipinski definition) is 3. The van der Waals surface area contributed by atoms with Gasteiger partial charge in [-0.25, -0.2) is 4.79 Å². The molecule has 1 heterocycles. The second kappa shape index (κ2) is 11.9. The Labute approximate surface area is 221 Å². The van der Waals surface area contributed by atoms with Crippen LogP contribution in [0, 0.1) is 11.8 Å². The first kappa shape index (κ1) is 30.1. The summed E-state index contributed by atoms with van der Waals surface area (Å²) in [6.07, 6.45) is 3.66. The molecular weight excluding hydrogens is 468 g/mol. The molecule has 1 aromatic heterocycles. The molecule has 2 amide bonds. The van der Waals surface area contributed by atoms with Gasteiger partial charge in [0.2, 0.25) is 11.8 Å². The number of likely N-dealkylation sites (N-methyl/N-ethyl adjacent to an activating group) is 2. The summed E-state index contributed by atoms with van der Waals surface area (Å²) in [6, 6.07) is 6.31.